The minimum Gasteiger partial charge on any atom is -0.381 e. The summed E-state index contributed by atoms with van der Waals surface area (Å²) in [6, 6.07) is 5.56. The standard InChI is InChI=1S/C12H9BrFN3O2/c13-9-3-8(5-15-7-9)6-16-10-1-2-11(14)12(4-10)17(18)19/h1-5,7,16H,6H2. The van der Waals surface area contributed by atoms with Gasteiger partial charge >= 0.3 is 5.69 Å². The number of pyridine rings is 1. The van der Waals surface area contributed by atoms with Gasteiger partial charge in [-0.3, -0.25) is 15.1 Å². The van der Waals surface area contributed by atoms with E-state index in [1.807, 2.05) is 6.07 Å². The molecule has 98 valence electrons. The molecule has 0 radical (unpaired) electrons. The van der Waals surface area contributed by atoms with E-state index in [0.717, 1.165) is 16.1 Å². The highest BCUT2D eigenvalue weighted by atomic mass is 79.9. The summed E-state index contributed by atoms with van der Waals surface area (Å²) in [4.78, 5) is 13.9. The van der Waals surface area contributed by atoms with Crippen LogP contribution in [0.1, 0.15) is 5.56 Å². The molecule has 0 aliphatic heterocycles. The molecule has 1 N–H and O–H groups in total. The minimum atomic E-state index is -0.848. The van der Waals surface area contributed by atoms with Gasteiger partial charge in [-0.15, -0.1) is 0 Å². The Balaban J connectivity index is 2.12. The number of aromatic nitrogens is 1. The van der Waals surface area contributed by atoms with Crippen LogP contribution in [0.5, 0.6) is 0 Å². The zero-order valence-electron chi connectivity index (χ0n) is 9.64. The Morgan fingerprint density at radius 2 is 2.16 bits per heavy atom. The number of nitro benzene ring substituents is 1. The molecule has 0 fully saturated rings. The van der Waals surface area contributed by atoms with Crippen molar-refractivity contribution in [3.63, 3.8) is 0 Å². The summed E-state index contributed by atoms with van der Waals surface area (Å²) in [7, 11) is 0. The first-order chi connectivity index (χ1) is 9.06. The van der Waals surface area contributed by atoms with E-state index in [2.05, 4.69) is 26.2 Å². The van der Waals surface area contributed by atoms with Crippen molar-refractivity contribution in [3.05, 3.63) is 62.6 Å². The molecular formula is C12H9BrFN3O2. The monoisotopic (exact) mass is 325 g/mol. The van der Waals surface area contributed by atoms with Gasteiger partial charge in [0.1, 0.15) is 0 Å². The molecule has 2 aromatic rings. The van der Waals surface area contributed by atoms with Crippen molar-refractivity contribution in [2.45, 2.75) is 6.54 Å². The van der Waals surface area contributed by atoms with Crippen molar-refractivity contribution in [1.82, 2.24) is 4.98 Å². The van der Waals surface area contributed by atoms with Gasteiger partial charge in [0.25, 0.3) is 0 Å². The van der Waals surface area contributed by atoms with Crippen LogP contribution in [-0.4, -0.2) is 9.91 Å². The number of benzene rings is 1. The Kier molecular flexibility index (Phi) is 4.06. The summed E-state index contributed by atoms with van der Waals surface area (Å²) in [5.41, 5.74) is 0.840. The van der Waals surface area contributed by atoms with E-state index >= 15 is 0 Å². The number of halogens is 2. The fourth-order valence-electron chi connectivity index (χ4n) is 1.52. The molecule has 0 unspecified atom stereocenters. The highest BCUT2D eigenvalue weighted by Gasteiger charge is 2.14. The van der Waals surface area contributed by atoms with Gasteiger partial charge in [-0.25, -0.2) is 0 Å². The number of hydrogen-bond acceptors (Lipinski definition) is 4. The number of anilines is 1. The molecule has 0 amide bonds. The summed E-state index contributed by atoms with van der Waals surface area (Å²) < 4.78 is 14.0. The second-order valence-electron chi connectivity index (χ2n) is 3.79. The number of hydrogen-bond donors (Lipinski definition) is 1. The molecule has 5 nitrogen and oxygen atoms in total. The molecular weight excluding hydrogens is 317 g/mol. The quantitative estimate of drug-likeness (QED) is 0.690. The van der Waals surface area contributed by atoms with E-state index < -0.39 is 16.4 Å². The predicted octanol–water partition coefficient (Wildman–Crippen LogP) is 3.50. The van der Waals surface area contributed by atoms with Crippen molar-refractivity contribution in [3.8, 4) is 0 Å². The maximum Gasteiger partial charge on any atom is 0.306 e. The van der Waals surface area contributed by atoms with E-state index in [-0.39, 0.29) is 0 Å². The molecule has 7 heteroatoms. The van der Waals surface area contributed by atoms with Crippen molar-refractivity contribution >= 4 is 27.3 Å². The first-order valence-corrected chi connectivity index (χ1v) is 6.13. The van der Waals surface area contributed by atoms with Crippen LogP contribution in [0.15, 0.2) is 41.1 Å². The SMILES string of the molecule is O=[N+]([O-])c1cc(NCc2cncc(Br)c2)ccc1F. The Bertz CT molecular complexity index is 622. The third kappa shape index (κ3) is 3.47. The molecule has 0 aliphatic carbocycles. The molecule has 0 atom stereocenters. The van der Waals surface area contributed by atoms with Gasteiger partial charge in [0.05, 0.1) is 4.92 Å². The van der Waals surface area contributed by atoms with E-state index in [0.29, 0.717) is 12.2 Å². The van der Waals surface area contributed by atoms with Crippen LogP contribution in [0.3, 0.4) is 0 Å². The van der Waals surface area contributed by atoms with Gasteiger partial charge in [0.15, 0.2) is 0 Å². The second kappa shape index (κ2) is 5.75. The Morgan fingerprint density at radius 1 is 1.37 bits per heavy atom. The summed E-state index contributed by atoms with van der Waals surface area (Å²) in [5.74, 6) is -0.848. The number of nitrogens with one attached hydrogen (secondary N) is 1. The first-order valence-electron chi connectivity index (χ1n) is 5.33. The molecule has 0 bridgehead atoms. The number of rotatable bonds is 4. The summed E-state index contributed by atoms with van der Waals surface area (Å²) >= 11 is 3.30. The highest BCUT2D eigenvalue weighted by Crippen LogP contribution is 2.22. The van der Waals surface area contributed by atoms with Crippen molar-refractivity contribution in [1.29, 1.82) is 0 Å². The lowest BCUT2D eigenvalue weighted by Crippen LogP contribution is -2.01. The highest BCUT2D eigenvalue weighted by molar-refractivity contribution is 9.10. The molecule has 0 saturated heterocycles. The van der Waals surface area contributed by atoms with Crippen LogP contribution in [0.25, 0.3) is 0 Å². The maximum atomic E-state index is 13.2. The molecule has 1 heterocycles. The summed E-state index contributed by atoms with van der Waals surface area (Å²) in [6.45, 7) is 0.440. The molecule has 1 aromatic heterocycles. The predicted molar refractivity (Wildman–Crippen MR) is 72.3 cm³/mol. The summed E-state index contributed by atoms with van der Waals surface area (Å²) in [6.07, 6.45) is 3.34. The average Bonchev–Trinajstić information content (AvgIpc) is 2.37. The molecule has 2 rings (SSSR count). The largest absolute Gasteiger partial charge is 0.381 e. The van der Waals surface area contributed by atoms with Crippen molar-refractivity contribution < 1.29 is 9.31 Å². The normalized spacial score (nSPS) is 10.2. The minimum absolute atomic E-state index is 0.440. The lowest BCUT2D eigenvalue weighted by atomic mass is 10.2. The lowest BCUT2D eigenvalue weighted by molar-refractivity contribution is -0.387. The summed E-state index contributed by atoms with van der Waals surface area (Å²) in [5, 5.41) is 13.6. The Hall–Kier alpha value is -2.02. The molecule has 19 heavy (non-hydrogen) atoms. The zero-order valence-corrected chi connectivity index (χ0v) is 11.2. The maximum absolute atomic E-state index is 13.2. The molecule has 0 spiro atoms. The fourth-order valence-corrected chi connectivity index (χ4v) is 1.93. The van der Waals surface area contributed by atoms with E-state index in [1.54, 1.807) is 12.4 Å². The molecule has 1 aromatic carbocycles. The second-order valence-corrected chi connectivity index (χ2v) is 4.70. The van der Waals surface area contributed by atoms with Crippen LogP contribution >= 0.6 is 15.9 Å². The third-order valence-corrected chi connectivity index (χ3v) is 2.83. The van der Waals surface area contributed by atoms with Gasteiger partial charge in [0, 0.05) is 35.2 Å². The first kappa shape index (κ1) is 13.4. The Labute approximate surface area is 116 Å². The smallest absolute Gasteiger partial charge is 0.306 e. The van der Waals surface area contributed by atoms with Crippen LogP contribution in [0.4, 0.5) is 15.8 Å². The van der Waals surface area contributed by atoms with Crippen LogP contribution in [0.2, 0.25) is 0 Å². The van der Waals surface area contributed by atoms with Crippen molar-refractivity contribution in [2.75, 3.05) is 5.32 Å². The van der Waals surface area contributed by atoms with Crippen LogP contribution < -0.4 is 5.32 Å². The van der Waals surface area contributed by atoms with Gasteiger partial charge in [-0.2, -0.15) is 4.39 Å². The van der Waals surface area contributed by atoms with Gasteiger partial charge in [-0.1, -0.05) is 0 Å². The van der Waals surface area contributed by atoms with Crippen molar-refractivity contribution in [2.24, 2.45) is 0 Å². The van der Waals surface area contributed by atoms with Crippen LogP contribution in [-0.2, 0) is 6.54 Å². The van der Waals surface area contributed by atoms with Gasteiger partial charge < -0.3 is 5.32 Å². The van der Waals surface area contributed by atoms with Gasteiger partial charge in [0.2, 0.25) is 5.82 Å². The van der Waals surface area contributed by atoms with Crippen LogP contribution in [0, 0.1) is 15.9 Å². The van der Waals surface area contributed by atoms with E-state index in [9.17, 15) is 14.5 Å². The van der Waals surface area contributed by atoms with E-state index in [1.165, 1.54) is 12.1 Å². The zero-order chi connectivity index (χ0) is 13.8. The topological polar surface area (TPSA) is 68.1 Å². The average molecular weight is 326 g/mol. The number of nitro groups is 1. The lowest BCUT2D eigenvalue weighted by Gasteiger charge is -2.06. The fraction of sp³-hybridized carbons (Fsp3) is 0.0833. The molecule has 0 aliphatic rings. The Morgan fingerprint density at radius 3 is 2.84 bits per heavy atom. The van der Waals surface area contributed by atoms with E-state index in [4.69, 9.17) is 0 Å². The van der Waals surface area contributed by atoms with Gasteiger partial charge in [-0.05, 0) is 39.7 Å². The number of nitrogens with zero attached hydrogens (tertiary/aromatic N) is 2. The molecule has 0 saturated carbocycles. The third-order valence-electron chi connectivity index (χ3n) is 2.40.